The Morgan fingerprint density at radius 3 is 2.71 bits per heavy atom. The molecule has 2 aliphatic rings. The van der Waals surface area contributed by atoms with Crippen LogP contribution in [0.3, 0.4) is 0 Å². The van der Waals surface area contributed by atoms with Crippen LogP contribution < -0.4 is 0 Å². The molecule has 6 nitrogen and oxygen atoms in total. The van der Waals surface area contributed by atoms with Crippen molar-refractivity contribution < 1.29 is 9.59 Å². The number of benzene rings is 1. The minimum absolute atomic E-state index is 0.0821. The van der Waals surface area contributed by atoms with Crippen molar-refractivity contribution in [3.8, 4) is 0 Å². The summed E-state index contributed by atoms with van der Waals surface area (Å²) in [7, 11) is 1.86. The zero-order valence-electron chi connectivity index (χ0n) is 13.9. The molecule has 2 aromatic rings. The van der Waals surface area contributed by atoms with E-state index in [-0.39, 0.29) is 18.4 Å². The molecule has 2 amide bonds. The van der Waals surface area contributed by atoms with Gasteiger partial charge in [0, 0.05) is 43.3 Å². The lowest BCUT2D eigenvalue weighted by molar-refractivity contribution is -0.131. The molecule has 0 radical (unpaired) electrons. The van der Waals surface area contributed by atoms with Gasteiger partial charge in [0.2, 0.25) is 5.91 Å². The summed E-state index contributed by atoms with van der Waals surface area (Å²) < 4.78 is 1.68. The quantitative estimate of drug-likeness (QED) is 0.862. The number of nitrogens with zero attached hydrogens (tertiary/aromatic N) is 4. The predicted molar refractivity (Wildman–Crippen MR) is 90.7 cm³/mol. The third-order valence-electron chi connectivity index (χ3n) is 4.98. The second kappa shape index (κ2) is 5.92. The van der Waals surface area contributed by atoms with Crippen LogP contribution in [0.15, 0.2) is 24.4 Å². The van der Waals surface area contributed by atoms with E-state index in [1.165, 1.54) is 0 Å². The molecule has 4 rings (SSSR count). The lowest BCUT2D eigenvalue weighted by Gasteiger charge is -2.15. The van der Waals surface area contributed by atoms with Gasteiger partial charge >= 0.3 is 0 Å². The Hall–Kier alpha value is -2.37. The number of likely N-dealkylation sites (N-methyl/N-ethyl adjacent to an activating group) is 1. The average Bonchev–Trinajstić information content (AvgIpc) is 3.13. The van der Waals surface area contributed by atoms with Gasteiger partial charge in [-0.15, -0.1) is 0 Å². The molecule has 0 N–H and O–H groups in total. The SMILES string of the molecule is CN(C(=O)Cn1cc2cc(C(=O)N3CCCC3)ccc2n1)C1CC1. The maximum atomic E-state index is 12.5. The molecule has 1 aliphatic carbocycles. The summed E-state index contributed by atoms with van der Waals surface area (Å²) in [5.74, 6) is 0.172. The number of fused-ring (bicyclic) bond motifs is 1. The molecular weight excluding hydrogens is 304 g/mol. The molecule has 6 heteroatoms. The predicted octanol–water partition coefficient (Wildman–Crippen LogP) is 1.89. The first kappa shape index (κ1) is 15.2. The van der Waals surface area contributed by atoms with Crippen molar-refractivity contribution in [2.75, 3.05) is 20.1 Å². The van der Waals surface area contributed by atoms with E-state index in [0.717, 1.165) is 49.7 Å². The fourth-order valence-corrected chi connectivity index (χ4v) is 3.31. The number of likely N-dealkylation sites (tertiary alicyclic amines) is 1. The molecule has 0 unspecified atom stereocenters. The molecule has 2 heterocycles. The molecule has 2 fully saturated rings. The molecule has 1 aromatic carbocycles. The van der Waals surface area contributed by atoms with Crippen LogP contribution in [0.2, 0.25) is 0 Å². The number of aromatic nitrogens is 2. The highest BCUT2D eigenvalue weighted by molar-refractivity contribution is 5.98. The smallest absolute Gasteiger partial charge is 0.253 e. The van der Waals surface area contributed by atoms with Gasteiger partial charge in [0.25, 0.3) is 5.91 Å². The van der Waals surface area contributed by atoms with Crippen molar-refractivity contribution in [3.05, 3.63) is 30.0 Å². The van der Waals surface area contributed by atoms with Gasteiger partial charge in [0.05, 0.1) is 5.52 Å². The van der Waals surface area contributed by atoms with Crippen molar-refractivity contribution in [2.24, 2.45) is 0 Å². The third kappa shape index (κ3) is 2.88. The van der Waals surface area contributed by atoms with Crippen LogP contribution in [0.25, 0.3) is 10.9 Å². The lowest BCUT2D eigenvalue weighted by Crippen LogP contribution is -2.32. The first-order chi connectivity index (χ1) is 11.6. The number of carbonyl (C=O) groups excluding carboxylic acids is 2. The highest BCUT2D eigenvalue weighted by Crippen LogP contribution is 2.25. The molecule has 0 spiro atoms. The summed E-state index contributed by atoms with van der Waals surface area (Å²) in [6.07, 6.45) is 6.23. The van der Waals surface area contributed by atoms with Gasteiger partial charge in [0.15, 0.2) is 0 Å². The molecule has 1 aliphatic heterocycles. The van der Waals surface area contributed by atoms with Crippen LogP contribution >= 0.6 is 0 Å². The molecule has 24 heavy (non-hydrogen) atoms. The Morgan fingerprint density at radius 2 is 2.00 bits per heavy atom. The number of hydrogen-bond acceptors (Lipinski definition) is 3. The van der Waals surface area contributed by atoms with Crippen LogP contribution in [0.4, 0.5) is 0 Å². The number of amides is 2. The standard InChI is InChI=1S/C18H22N4O2/c1-20(15-5-6-15)17(23)12-22-11-14-10-13(4-7-16(14)19-22)18(24)21-8-2-3-9-21/h4,7,10-11,15H,2-3,5-6,8-9,12H2,1H3. The van der Waals surface area contributed by atoms with Crippen LogP contribution in [0.1, 0.15) is 36.0 Å². The van der Waals surface area contributed by atoms with E-state index < -0.39 is 0 Å². The van der Waals surface area contributed by atoms with E-state index in [1.807, 2.05) is 41.2 Å². The van der Waals surface area contributed by atoms with Gasteiger partial charge in [0.1, 0.15) is 6.54 Å². The lowest BCUT2D eigenvalue weighted by atomic mass is 10.1. The zero-order valence-corrected chi connectivity index (χ0v) is 13.9. The van der Waals surface area contributed by atoms with Crippen molar-refractivity contribution in [1.29, 1.82) is 0 Å². The summed E-state index contributed by atoms with van der Waals surface area (Å²) in [6, 6.07) is 5.99. The van der Waals surface area contributed by atoms with Gasteiger partial charge < -0.3 is 9.80 Å². The molecule has 1 saturated heterocycles. The molecule has 0 atom stereocenters. The van der Waals surface area contributed by atoms with Crippen molar-refractivity contribution >= 4 is 22.7 Å². The van der Waals surface area contributed by atoms with Crippen molar-refractivity contribution in [2.45, 2.75) is 38.3 Å². The molecule has 1 saturated carbocycles. The second-order valence-corrected chi connectivity index (χ2v) is 6.84. The zero-order chi connectivity index (χ0) is 16.7. The van der Waals surface area contributed by atoms with E-state index in [0.29, 0.717) is 11.6 Å². The summed E-state index contributed by atoms with van der Waals surface area (Å²) >= 11 is 0. The van der Waals surface area contributed by atoms with E-state index in [9.17, 15) is 9.59 Å². The average molecular weight is 326 g/mol. The summed E-state index contributed by atoms with van der Waals surface area (Å²) in [5, 5.41) is 5.36. The van der Waals surface area contributed by atoms with Crippen LogP contribution in [0.5, 0.6) is 0 Å². The minimum Gasteiger partial charge on any atom is -0.341 e. The van der Waals surface area contributed by atoms with Gasteiger partial charge in [-0.2, -0.15) is 5.10 Å². The number of rotatable bonds is 4. The van der Waals surface area contributed by atoms with Gasteiger partial charge in [-0.25, -0.2) is 0 Å². The Labute approximate surface area is 141 Å². The van der Waals surface area contributed by atoms with Gasteiger partial charge in [-0.3, -0.25) is 14.3 Å². The summed E-state index contributed by atoms with van der Waals surface area (Å²) in [4.78, 5) is 28.4. The molecule has 1 aromatic heterocycles. The number of hydrogen-bond donors (Lipinski definition) is 0. The Kier molecular flexibility index (Phi) is 3.75. The Bertz CT molecular complexity index is 787. The minimum atomic E-state index is 0.0821. The third-order valence-corrected chi connectivity index (χ3v) is 4.98. The summed E-state index contributed by atoms with van der Waals surface area (Å²) in [6.45, 7) is 1.94. The van der Waals surface area contributed by atoms with Gasteiger partial charge in [-0.1, -0.05) is 0 Å². The van der Waals surface area contributed by atoms with Gasteiger partial charge in [-0.05, 0) is 43.9 Å². The first-order valence-corrected chi connectivity index (χ1v) is 8.64. The molecule has 126 valence electrons. The van der Waals surface area contributed by atoms with Crippen molar-refractivity contribution in [1.82, 2.24) is 19.6 Å². The van der Waals surface area contributed by atoms with Crippen LogP contribution in [0, 0.1) is 0 Å². The molecule has 0 bridgehead atoms. The Morgan fingerprint density at radius 1 is 1.25 bits per heavy atom. The topological polar surface area (TPSA) is 58.4 Å². The Balaban J connectivity index is 1.52. The van der Waals surface area contributed by atoms with E-state index in [1.54, 1.807) is 4.68 Å². The number of carbonyl (C=O) groups is 2. The largest absolute Gasteiger partial charge is 0.341 e. The normalized spacial score (nSPS) is 17.5. The van der Waals surface area contributed by atoms with Crippen LogP contribution in [-0.4, -0.2) is 57.6 Å². The second-order valence-electron chi connectivity index (χ2n) is 6.84. The maximum absolute atomic E-state index is 12.5. The maximum Gasteiger partial charge on any atom is 0.253 e. The van der Waals surface area contributed by atoms with E-state index >= 15 is 0 Å². The molecular formula is C18H22N4O2. The van der Waals surface area contributed by atoms with Crippen LogP contribution in [-0.2, 0) is 11.3 Å². The first-order valence-electron chi connectivity index (χ1n) is 8.64. The fraction of sp³-hybridized carbons (Fsp3) is 0.500. The highest BCUT2D eigenvalue weighted by atomic mass is 16.2. The van der Waals surface area contributed by atoms with Crippen molar-refractivity contribution in [3.63, 3.8) is 0 Å². The van der Waals surface area contributed by atoms with E-state index in [4.69, 9.17) is 0 Å². The summed E-state index contributed by atoms with van der Waals surface area (Å²) in [5.41, 5.74) is 1.51. The highest BCUT2D eigenvalue weighted by Gasteiger charge is 2.29. The monoisotopic (exact) mass is 326 g/mol. The fourth-order valence-electron chi connectivity index (χ4n) is 3.31. The van der Waals surface area contributed by atoms with E-state index in [2.05, 4.69) is 5.10 Å².